The number of nitro groups is 1. The highest BCUT2D eigenvalue weighted by molar-refractivity contribution is 9.11. The average molecular weight is 448 g/mol. The van der Waals surface area contributed by atoms with Crippen LogP contribution in [0.25, 0.3) is 0 Å². The highest BCUT2D eigenvalue weighted by Crippen LogP contribution is 2.35. The van der Waals surface area contributed by atoms with Crippen molar-refractivity contribution in [3.63, 3.8) is 0 Å². The first-order valence-electron chi connectivity index (χ1n) is 6.24. The van der Waals surface area contributed by atoms with Crippen LogP contribution in [-0.2, 0) is 14.3 Å². The second-order valence-electron chi connectivity index (χ2n) is 4.08. The average Bonchev–Trinajstić information content (AvgIpc) is 2.48. The summed E-state index contributed by atoms with van der Waals surface area (Å²) in [5.74, 6) is -1.23. The molecule has 1 aromatic rings. The standard InChI is InChI=1S/C14H12Br2N2O5/c1-2-3-4-5-13(20)23-8-12(19)17-14-10(15)6-9(18(21)22)7-11(14)16/h2-7H,8H2,1H3,(H,17,19)/b3-2+,5-4+. The number of nitrogens with zero attached hydrogens (tertiary/aromatic N) is 1. The number of carbonyl (C=O) groups excluding carboxylic acids is 2. The van der Waals surface area contributed by atoms with Gasteiger partial charge >= 0.3 is 5.97 Å². The lowest BCUT2D eigenvalue weighted by Crippen LogP contribution is -2.20. The number of benzene rings is 1. The van der Waals surface area contributed by atoms with Crippen LogP contribution in [-0.4, -0.2) is 23.4 Å². The topological polar surface area (TPSA) is 98.5 Å². The highest BCUT2D eigenvalue weighted by atomic mass is 79.9. The van der Waals surface area contributed by atoms with Crippen molar-refractivity contribution in [3.05, 3.63) is 55.5 Å². The van der Waals surface area contributed by atoms with Crippen molar-refractivity contribution >= 4 is 55.1 Å². The maximum atomic E-state index is 11.8. The van der Waals surface area contributed by atoms with Gasteiger partial charge in [-0.2, -0.15) is 0 Å². The SMILES string of the molecule is C/C=C/C=C/C(=O)OCC(=O)Nc1c(Br)cc([N+](=O)[O-])cc1Br. The third-order valence-electron chi connectivity index (χ3n) is 2.38. The summed E-state index contributed by atoms with van der Waals surface area (Å²) in [7, 11) is 0. The number of halogens is 2. The van der Waals surface area contributed by atoms with Crippen LogP contribution in [0.15, 0.2) is 45.4 Å². The number of nitrogens with one attached hydrogen (secondary N) is 1. The Hall–Kier alpha value is -2.00. The Kier molecular flexibility index (Phi) is 7.63. The molecule has 0 atom stereocenters. The molecule has 0 aliphatic rings. The molecule has 1 amide bonds. The van der Waals surface area contributed by atoms with Gasteiger partial charge in [0.15, 0.2) is 6.61 Å². The summed E-state index contributed by atoms with van der Waals surface area (Å²) in [5.41, 5.74) is 0.170. The van der Waals surface area contributed by atoms with Crippen LogP contribution in [0, 0.1) is 10.1 Å². The molecule has 122 valence electrons. The summed E-state index contributed by atoms with van der Waals surface area (Å²) in [4.78, 5) is 33.3. The molecule has 7 nitrogen and oxygen atoms in total. The third kappa shape index (κ3) is 6.33. The number of amides is 1. The predicted molar refractivity (Wildman–Crippen MR) is 92.0 cm³/mol. The number of rotatable bonds is 6. The molecule has 0 heterocycles. The van der Waals surface area contributed by atoms with Crippen molar-refractivity contribution in [2.75, 3.05) is 11.9 Å². The van der Waals surface area contributed by atoms with Gasteiger partial charge in [-0.05, 0) is 38.8 Å². The van der Waals surface area contributed by atoms with E-state index >= 15 is 0 Å². The van der Waals surface area contributed by atoms with E-state index in [0.29, 0.717) is 14.6 Å². The van der Waals surface area contributed by atoms with Crippen LogP contribution >= 0.6 is 31.9 Å². The smallest absolute Gasteiger partial charge is 0.331 e. The van der Waals surface area contributed by atoms with Gasteiger partial charge in [0.2, 0.25) is 0 Å². The molecule has 0 aromatic heterocycles. The number of hydrogen-bond donors (Lipinski definition) is 1. The van der Waals surface area contributed by atoms with Crippen molar-refractivity contribution in [2.24, 2.45) is 0 Å². The molecule has 0 bridgehead atoms. The Labute approximate surface area is 148 Å². The van der Waals surface area contributed by atoms with Gasteiger partial charge in [0, 0.05) is 27.2 Å². The second-order valence-corrected chi connectivity index (χ2v) is 5.79. The van der Waals surface area contributed by atoms with Crippen LogP contribution < -0.4 is 5.32 Å². The molecule has 1 rings (SSSR count). The fourth-order valence-electron chi connectivity index (χ4n) is 1.39. The first kappa shape index (κ1) is 19.0. The van der Waals surface area contributed by atoms with Gasteiger partial charge in [-0.25, -0.2) is 4.79 Å². The van der Waals surface area contributed by atoms with Crippen LogP contribution in [0.5, 0.6) is 0 Å². The van der Waals surface area contributed by atoms with E-state index < -0.39 is 23.4 Å². The van der Waals surface area contributed by atoms with E-state index in [9.17, 15) is 19.7 Å². The minimum Gasteiger partial charge on any atom is -0.452 e. The molecule has 0 spiro atoms. The molecule has 1 N–H and O–H groups in total. The lowest BCUT2D eigenvalue weighted by molar-refractivity contribution is -0.385. The zero-order valence-corrected chi connectivity index (χ0v) is 15.1. The Balaban J connectivity index is 2.68. The molecule has 1 aromatic carbocycles. The minimum atomic E-state index is -0.653. The van der Waals surface area contributed by atoms with Crippen molar-refractivity contribution in [1.82, 2.24) is 0 Å². The van der Waals surface area contributed by atoms with Gasteiger partial charge in [0.05, 0.1) is 10.6 Å². The number of hydrogen-bond acceptors (Lipinski definition) is 5. The third-order valence-corrected chi connectivity index (χ3v) is 3.63. The van der Waals surface area contributed by atoms with Gasteiger partial charge in [0.25, 0.3) is 11.6 Å². The molecule has 0 fully saturated rings. The lowest BCUT2D eigenvalue weighted by atomic mass is 10.3. The molecule has 0 aliphatic heterocycles. The quantitative estimate of drug-likeness (QED) is 0.235. The van der Waals surface area contributed by atoms with Gasteiger partial charge < -0.3 is 10.1 Å². The molecule has 0 unspecified atom stereocenters. The number of ether oxygens (including phenoxy) is 1. The Morgan fingerprint density at radius 3 is 2.43 bits per heavy atom. The fourth-order valence-corrected chi connectivity index (χ4v) is 2.75. The number of allylic oxidation sites excluding steroid dienone is 3. The van der Waals surface area contributed by atoms with Crippen LogP contribution in [0.1, 0.15) is 6.92 Å². The van der Waals surface area contributed by atoms with Crippen LogP contribution in [0.4, 0.5) is 11.4 Å². The van der Waals surface area contributed by atoms with E-state index in [2.05, 4.69) is 37.2 Å². The molecule has 0 aliphatic carbocycles. The minimum absolute atomic E-state index is 0.137. The Bertz CT molecular complexity index is 663. The Morgan fingerprint density at radius 2 is 1.91 bits per heavy atom. The summed E-state index contributed by atoms with van der Waals surface area (Å²) in [6.45, 7) is 1.32. The van der Waals surface area contributed by atoms with Gasteiger partial charge in [-0.15, -0.1) is 0 Å². The highest BCUT2D eigenvalue weighted by Gasteiger charge is 2.16. The summed E-state index contributed by atoms with van der Waals surface area (Å²) in [5, 5.41) is 13.2. The fraction of sp³-hybridized carbons (Fsp3) is 0.143. The largest absolute Gasteiger partial charge is 0.452 e. The van der Waals surface area contributed by atoms with Crippen molar-refractivity contribution in [1.29, 1.82) is 0 Å². The maximum absolute atomic E-state index is 11.8. The zero-order chi connectivity index (χ0) is 17.4. The number of anilines is 1. The molecule has 0 saturated heterocycles. The van der Waals surface area contributed by atoms with E-state index in [1.807, 2.05) is 0 Å². The van der Waals surface area contributed by atoms with E-state index in [-0.39, 0.29) is 5.69 Å². The van der Waals surface area contributed by atoms with E-state index in [1.54, 1.807) is 19.1 Å². The second kappa shape index (κ2) is 9.21. The molecule has 23 heavy (non-hydrogen) atoms. The van der Waals surface area contributed by atoms with Gasteiger partial charge in [0.1, 0.15) is 0 Å². The maximum Gasteiger partial charge on any atom is 0.331 e. The van der Waals surface area contributed by atoms with Gasteiger partial charge in [-0.1, -0.05) is 18.2 Å². The summed E-state index contributed by atoms with van der Waals surface area (Å²) in [6.07, 6.45) is 6.06. The van der Waals surface area contributed by atoms with Crippen LogP contribution in [0.3, 0.4) is 0 Å². The predicted octanol–water partition coefficient (Wildman–Crippen LogP) is 3.73. The number of non-ortho nitro benzene ring substituents is 1. The first-order chi connectivity index (χ1) is 10.8. The normalized spacial score (nSPS) is 10.9. The van der Waals surface area contributed by atoms with Crippen molar-refractivity contribution in [3.8, 4) is 0 Å². The molecule has 0 saturated carbocycles. The van der Waals surface area contributed by atoms with Crippen molar-refractivity contribution < 1.29 is 19.2 Å². The summed E-state index contributed by atoms with van der Waals surface area (Å²) >= 11 is 6.28. The first-order valence-corrected chi connectivity index (χ1v) is 7.83. The lowest BCUT2D eigenvalue weighted by Gasteiger charge is -2.09. The number of esters is 1. The zero-order valence-electron chi connectivity index (χ0n) is 11.9. The van der Waals surface area contributed by atoms with E-state index in [4.69, 9.17) is 4.74 Å². The number of carbonyl (C=O) groups is 2. The summed E-state index contributed by atoms with van der Waals surface area (Å²) in [6, 6.07) is 2.51. The van der Waals surface area contributed by atoms with Crippen LogP contribution in [0.2, 0.25) is 0 Å². The summed E-state index contributed by atoms with van der Waals surface area (Å²) < 4.78 is 5.40. The molecular weight excluding hydrogens is 436 g/mol. The van der Waals surface area contributed by atoms with Gasteiger partial charge in [-0.3, -0.25) is 14.9 Å². The van der Waals surface area contributed by atoms with Crippen molar-refractivity contribution in [2.45, 2.75) is 6.92 Å². The molecule has 9 heteroatoms. The molecule has 0 radical (unpaired) electrons. The number of nitro benzene ring substituents is 1. The Morgan fingerprint density at radius 1 is 1.30 bits per heavy atom. The van der Waals surface area contributed by atoms with E-state index in [1.165, 1.54) is 24.3 Å². The monoisotopic (exact) mass is 446 g/mol. The molecular formula is C14H12Br2N2O5. The van der Waals surface area contributed by atoms with E-state index in [0.717, 1.165) is 0 Å².